The molecular formula is C15H23BrN2O. The second kappa shape index (κ2) is 8.33. The summed E-state index contributed by atoms with van der Waals surface area (Å²) in [5.41, 5.74) is 1.20. The molecule has 0 aliphatic carbocycles. The first-order valence-corrected chi connectivity index (χ1v) is 7.67. The number of carbonyl (C=O) groups is 1. The van der Waals surface area contributed by atoms with Crippen molar-refractivity contribution < 1.29 is 4.79 Å². The highest BCUT2D eigenvalue weighted by molar-refractivity contribution is 9.10. The highest BCUT2D eigenvalue weighted by Crippen LogP contribution is 2.21. The van der Waals surface area contributed by atoms with Crippen LogP contribution < -0.4 is 10.6 Å². The zero-order valence-electron chi connectivity index (χ0n) is 11.9. The lowest BCUT2D eigenvalue weighted by Gasteiger charge is -2.22. The molecule has 106 valence electrons. The van der Waals surface area contributed by atoms with E-state index in [1.54, 1.807) is 0 Å². The highest BCUT2D eigenvalue weighted by Gasteiger charge is 2.17. The third kappa shape index (κ3) is 5.33. The van der Waals surface area contributed by atoms with Gasteiger partial charge in [-0.25, -0.2) is 0 Å². The maximum Gasteiger partial charge on any atom is 0.236 e. The average Bonchev–Trinajstić information content (AvgIpc) is 2.41. The summed E-state index contributed by atoms with van der Waals surface area (Å²) >= 11 is 3.48. The van der Waals surface area contributed by atoms with Crippen molar-refractivity contribution in [1.82, 2.24) is 10.6 Å². The molecule has 1 aromatic rings. The summed E-state index contributed by atoms with van der Waals surface area (Å²) in [4.78, 5) is 11.9. The summed E-state index contributed by atoms with van der Waals surface area (Å²) in [6.07, 6.45) is 1.91. The predicted octanol–water partition coefficient (Wildman–Crippen LogP) is 3.40. The number of rotatable bonds is 7. The second-order valence-electron chi connectivity index (χ2n) is 4.70. The molecular weight excluding hydrogens is 304 g/mol. The molecule has 2 N–H and O–H groups in total. The maximum atomic E-state index is 11.9. The van der Waals surface area contributed by atoms with Crippen LogP contribution in [0.1, 0.15) is 45.2 Å². The molecule has 0 aliphatic heterocycles. The van der Waals surface area contributed by atoms with E-state index in [0.29, 0.717) is 0 Å². The van der Waals surface area contributed by atoms with E-state index in [4.69, 9.17) is 0 Å². The van der Waals surface area contributed by atoms with E-state index >= 15 is 0 Å². The standard InChI is InChI=1S/C15H23BrN2O/c1-4-9-17-15(19)11(3)18-14(5-2)12-7-6-8-13(16)10-12/h6-8,10-11,14,18H,4-5,9H2,1-3H3,(H,17,19). The lowest BCUT2D eigenvalue weighted by atomic mass is 10.0. The van der Waals surface area contributed by atoms with E-state index in [9.17, 15) is 4.79 Å². The van der Waals surface area contributed by atoms with Crippen molar-refractivity contribution in [2.75, 3.05) is 6.54 Å². The van der Waals surface area contributed by atoms with Crippen molar-refractivity contribution in [2.24, 2.45) is 0 Å². The molecule has 1 amide bonds. The van der Waals surface area contributed by atoms with Gasteiger partial charge in [-0.15, -0.1) is 0 Å². The Labute approximate surface area is 124 Å². The van der Waals surface area contributed by atoms with Crippen molar-refractivity contribution in [1.29, 1.82) is 0 Å². The van der Waals surface area contributed by atoms with Crippen LogP contribution in [0.2, 0.25) is 0 Å². The van der Waals surface area contributed by atoms with Gasteiger partial charge in [0, 0.05) is 17.1 Å². The summed E-state index contributed by atoms with van der Waals surface area (Å²) in [5, 5.41) is 6.30. The van der Waals surface area contributed by atoms with Gasteiger partial charge < -0.3 is 5.32 Å². The SMILES string of the molecule is CCCNC(=O)C(C)NC(CC)c1cccc(Br)c1. The van der Waals surface area contributed by atoms with Gasteiger partial charge in [0.15, 0.2) is 0 Å². The first-order chi connectivity index (χ1) is 9.08. The molecule has 0 aliphatic rings. The van der Waals surface area contributed by atoms with E-state index in [1.807, 2.05) is 19.1 Å². The number of halogens is 1. The first-order valence-electron chi connectivity index (χ1n) is 6.87. The van der Waals surface area contributed by atoms with Gasteiger partial charge >= 0.3 is 0 Å². The predicted molar refractivity (Wildman–Crippen MR) is 83.1 cm³/mol. The number of hydrogen-bond acceptors (Lipinski definition) is 2. The van der Waals surface area contributed by atoms with Crippen LogP contribution in [-0.2, 0) is 4.79 Å². The van der Waals surface area contributed by atoms with Crippen LogP contribution in [0.15, 0.2) is 28.7 Å². The van der Waals surface area contributed by atoms with Gasteiger partial charge in [-0.2, -0.15) is 0 Å². The molecule has 0 heterocycles. The van der Waals surface area contributed by atoms with E-state index in [0.717, 1.165) is 23.9 Å². The van der Waals surface area contributed by atoms with Crippen LogP contribution in [0.3, 0.4) is 0 Å². The number of amides is 1. The molecule has 0 saturated carbocycles. The molecule has 19 heavy (non-hydrogen) atoms. The van der Waals surface area contributed by atoms with Gasteiger partial charge in [0.1, 0.15) is 0 Å². The van der Waals surface area contributed by atoms with Gasteiger partial charge in [-0.05, 0) is 37.5 Å². The normalized spacial score (nSPS) is 13.9. The fourth-order valence-electron chi connectivity index (χ4n) is 1.95. The zero-order chi connectivity index (χ0) is 14.3. The number of carbonyl (C=O) groups excluding carboxylic acids is 1. The summed E-state index contributed by atoms with van der Waals surface area (Å²) in [6, 6.07) is 8.22. The Morgan fingerprint density at radius 3 is 2.68 bits per heavy atom. The zero-order valence-corrected chi connectivity index (χ0v) is 13.5. The summed E-state index contributed by atoms with van der Waals surface area (Å²) in [5.74, 6) is 0.0651. The molecule has 0 spiro atoms. The molecule has 4 heteroatoms. The first kappa shape index (κ1) is 16.2. The molecule has 0 radical (unpaired) electrons. The third-order valence-electron chi connectivity index (χ3n) is 3.05. The van der Waals surface area contributed by atoms with Crippen LogP contribution in [0, 0.1) is 0 Å². The summed E-state index contributed by atoms with van der Waals surface area (Å²) in [7, 11) is 0. The summed E-state index contributed by atoms with van der Waals surface area (Å²) < 4.78 is 1.06. The van der Waals surface area contributed by atoms with E-state index in [1.165, 1.54) is 5.56 Å². The quantitative estimate of drug-likeness (QED) is 0.806. The Kier molecular flexibility index (Phi) is 7.10. The van der Waals surface area contributed by atoms with E-state index < -0.39 is 0 Å². The van der Waals surface area contributed by atoms with Crippen molar-refractivity contribution >= 4 is 21.8 Å². The Morgan fingerprint density at radius 2 is 2.11 bits per heavy atom. The monoisotopic (exact) mass is 326 g/mol. The van der Waals surface area contributed by atoms with Crippen molar-refractivity contribution in [3.05, 3.63) is 34.3 Å². The minimum atomic E-state index is -0.185. The second-order valence-corrected chi connectivity index (χ2v) is 5.61. The number of nitrogens with one attached hydrogen (secondary N) is 2. The third-order valence-corrected chi connectivity index (χ3v) is 3.55. The smallest absolute Gasteiger partial charge is 0.236 e. The van der Waals surface area contributed by atoms with Crippen LogP contribution in [0.5, 0.6) is 0 Å². The molecule has 2 atom stereocenters. The van der Waals surface area contributed by atoms with Gasteiger partial charge in [0.25, 0.3) is 0 Å². The van der Waals surface area contributed by atoms with Crippen molar-refractivity contribution in [3.8, 4) is 0 Å². The molecule has 3 nitrogen and oxygen atoms in total. The van der Waals surface area contributed by atoms with Gasteiger partial charge in [0.2, 0.25) is 5.91 Å². The topological polar surface area (TPSA) is 41.1 Å². The largest absolute Gasteiger partial charge is 0.355 e. The van der Waals surface area contributed by atoms with Crippen molar-refractivity contribution in [2.45, 2.75) is 45.7 Å². The Hall–Kier alpha value is -0.870. The molecule has 0 bridgehead atoms. The lowest BCUT2D eigenvalue weighted by molar-refractivity contribution is -0.122. The maximum absolute atomic E-state index is 11.9. The molecule has 0 aromatic heterocycles. The number of hydrogen-bond donors (Lipinski definition) is 2. The van der Waals surface area contributed by atoms with Gasteiger partial charge in [-0.3, -0.25) is 10.1 Å². The minimum Gasteiger partial charge on any atom is -0.355 e. The van der Waals surface area contributed by atoms with Gasteiger partial charge in [-0.1, -0.05) is 41.9 Å². The van der Waals surface area contributed by atoms with Crippen LogP contribution in [-0.4, -0.2) is 18.5 Å². The van der Waals surface area contributed by atoms with Crippen LogP contribution in [0.25, 0.3) is 0 Å². The Morgan fingerprint density at radius 1 is 1.37 bits per heavy atom. The number of benzene rings is 1. The van der Waals surface area contributed by atoms with Crippen LogP contribution >= 0.6 is 15.9 Å². The molecule has 1 rings (SSSR count). The lowest BCUT2D eigenvalue weighted by Crippen LogP contribution is -2.43. The molecule has 0 saturated heterocycles. The Bertz CT molecular complexity index is 409. The van der Waals surface area contributed by atoms with E-state index in [2.05, 4.69) is 52.5 Å². The fourth-order valence-corrected chi connectivity index (χ4v) is 2.37. The molecule has 1 aromatic carbocycles. The molecule has 0 fully saturated rings. The van der Waals surface area contributed by atoms with E-state index in [-0.39, 0.29) is 18.0 Å². The van der Waals surface area contributed by atoms with Gasteiger partial charge in [0.05, 0.1) is 6.04 Å². The summed E-state index contributed by atoms with van der Waals surface area (Å²) in [6.45, 7) is 6.81. The fraction of sp³-hybridized carbons (Fsp3) is 0.533. The van der Waals surface area contributed by atoms with Crippen molar-refractivity contribution in [3.63, 3.8) is 0 Å². The Balaban J connectivity index is 2.64. The highest BCUT2D eigenvalue weighted by atomic mass is 79.9. The average molecular weight is 327 g/mol. The minimum absolute atomic E-state index is 0.0651. The molecule has 2 unspecified atom stereocenters. The van der Waals surface area contributed by atoms with Crippen LogP contribution in [0.4, 0.5) is 0 Å².